The normalized spacial score (nSPS) is 10.4. The van der Waals surface area contributed by atoms with Crippen LogP contribution in [-0.2, 0) is 0 Å². The second-order valence-corrected chi connectivity index (χ2v) is 5.01. The van der Waals surface area contributed by atoms with E-state index in [1.165, 1.54) is 23.2 Å². The highest BCUT2D eigenvalue weighted by Crippen LogP contribution is 2.20. The minimum atomic E-state index is 0.314. The van der Waals surface area contributed by atoms with Crippen molar-refractivity contribution in [3.8, 4) is 11.1 Å². The molecule has 0 atom stereocenters. The van der Waals surface area contributed by atoms with Crippen molar-refractivity contribution in [2.45, 2.75) is 25.7 Å². The molecule has 2 rings (SSSR count). The predicted octanol–water partition coefficient (Wildman–Crippen LogP) is 4.32. The Morgan fingerprint density at radius 1 is 0.700 bits per heavy atom. The van der Waals surface area contributed by atoms with Crippen LogP contribution in [0.2, 0.25) is 0 Å². The molecule has 0 saturated heterocycles. The second kappa shape index (κ2) is 8.39. The zero-order valence-electron chi connectivity index (χ0n) is 11.9. The topological polar surface area (TPSA) is 32.3 Å². The molecule has 0 fully saturated rings. The summed E-state index contributed by atoms with van der Waals surface area (Å²) in [5.74, 6) is 0. The molecule has 2 aromatic rings. The summed E-state index contributed by atoms with van der Waals surface area (Å²) in [7, 11) is 0. The van der Waals surface area contributed by atoms with Gasteiger partial charge in [0.15, 0.2) is 0 Å². The van der Waals surface area contributed by atoms with Crippen molar-refractivity contribution in [2.24, 2.45) is 0 Å². The van der Waals surface area contributed by atoms with E-state index in [4.69, 9.17) is 5.11 Å². The summed E-state index contributed by atoms with van der Waals surface area (Å²) in [5, 5.41) is 12.1. The smallest absolute Gasteiger partial charge is 0.0431 e. The number of hydrogen-bond acceptors (Lipinski definition) is 2. The molecule has 2 aromatic carbocycles. The maximum absolute atomic E-state index is 8.71. The molecule has 0 radical (unpaired) electrons. The van der Waals surface area contributed by atoms with Crippen LogP contribution in [0.3, 0.4) is 0 Å². The quantitative estimate of drug-likeness (QED) is 0.700. The average Bonchev–Trinajstić information content (AvgIpc) is 2.52. The molecule has 0 aliphatic heterocycles. The van der Waals surface area contributed by atoms with E-state index in [9.17, 15) is 0 Å². The summed E-state index contributed by atoms with van der Waals surface area (Å²) in [4.78, 5) is 0. The van der Waals surface area contributed by atoms with Crippen molar-refractivity contribution in [3.05, 3.63) is 54.6 Å². The number of aliphatic hydroxyl groups is 1. The van der Waals surface area contributed by atoms with Crippen molar-refractivity contribution >= 4 is 5.69 Å². The van der Waals surface area contributed by atoms with Crippen LogP contribution in [0.4, 0.5) is 5.69 Å². The lowest BCUT2D eigenvalue weighted by molar-refractivity contribution is 0.283. The van der Waals surface area contributed by atoms with Gasteiger partial charge in [0.25, 0.3) is 0 Å². The minimum Gasteiger partial charge on any atom is -0.396 e. The number of rotatable bonds is 8. The van der Waals surface area contributed by atoms with Crippen LogP contribution in [0.1, 0.15) is 25.7 Å². The van der Waals surface area contributed by atoms with Crippen LogP contribution in [0.15, 0.2) is 54.6 Å². The fraction of sp³-hybridized carbons (Fsp3) is 0.333. The summed E-state index contributed by atoms with van der Waals surface area (Å²) in [6.45, 7) is 1.31. The molecule has 0 amide bonds. The molecule has 0 saturated carbocycles. The highest BCUT2D eigenvalue weighted by atomic mass is 16.2. The number of nitrogens with one attached hydrogen (secondary N) is 1. The van der Waals surface area contributed by atoms with Gasteiger partial charge in [-0.1, -0.05) is 55.3 Å². The van der Waals surface area contributed by atoms with Crippen LogP contribution in [0.25, 0.3) is 11.1 Å². The van der Waals surface area contributed by atoms with E-state index in [1.54, 1.807) is 0 Å². The van der Waals surface area contributed by atoms with Gasteiger partial charge in [-0.25, -0.2) is 0 Å². The third-order valence-electron chi connectivity index (χ3n) is 3.41. The molecule has 0 spiro atoms. The van der Waals surface area contributed by atoms with Gasteiger partial charge >= 0.3 is 0 Å². The summed E-state index contributed by atoms with van der Waals surface area (Å²) in [6.07, 6.45) is 4.37. The van der Waals surface area contributed by atoms with Gasteiger partial charge in [0.05, 0.1) is 0 Å². The van der Waals surface area contributed by atoms with Crippen molar-refractivity contribution in [2.75, 3.05) is 18.5 Å². The van der Waals surface area contributed by atoms with Gasteiger partial charge in [-0.15, -0.1) is 0 Å². The molecule has 2 nitrogen and oxygen atoms in total. The van der Waals surface area contributed by atoms with Gasteiger partial charge in [0.2, 0.25) is 0 Å². The number of benzene rings is 2. The van der Waals surface area contributed by atoms with Crippen molar-refractivity contribution in [1.82, 2.24) is 0 Å². The molecular weight excluding hydrogens is 246 g/mol. The van der Waals surface area contributed by atoms with Crippen LogP contribution in [0, 0.1) is 0 Å². The lowest BCUT2D eigenvalue weighted by Gasteiger charge is -2.07. The molecule has 20 heavy (non-hydrogen) atoms. The summed E-state index contributed by atoms with van der Waals surface area (Å²) >= 11 is 0. The SMILES string of the molecule is OCCCCCCNc1ccc(-c2ccccc2)cc1. The second-order valence-electron chi connectivity index (χ2n) is 5.01. The largest absolute Gasteiger partial charge is 0.396 e. The van der Waals surface area contributed by atoms with Gasteiger partial charge in [-0.05, 0) is 36.1 Å². The van der Waals surface area contributed by atoms with E-state index in [-0.39, 0.29) is 0 Å². The van der Waals surface area contributed by atoms with Gasteiger partial charge in [-0.3, -0.25) is 0 Å². The van der Waals surface area contributed by atoms with Crippen LogP contribution in [-0.4, -0.2) is 18.3 Å². The predicted molar refractivity (Wildman–Crippen MR) is 85.9 cm³/mol. The van der Waals surface area contributed by atoms with Crippen LogP contribution < -0.4 is 5.32 Å². The van der Waals surface area contributed by atoms with Crippen molar-refractivity contribution in [1.29, 1.82) is 0 Å². The lowest BCUT2D eigenvalue weighted by Crippen LogP contribution is -2.01. The Bertz CT molecular complexity index is 479. The monoisotopic (exact) mass is 269 g/mol. The molecule has 0 unspecified atom stereocenters. The van der Waals surface area contributed by atoms with Crippen molar-refractivity contribution in [3.63, 3.8) is 0 Å². The maximum atomic E-state index is 8.71. The minimum absolute atomic E-state index is 0.314. The Morgan fingerprint density at radius 3 is 2.05 bits per heavy atom. The number of anilines is 1. The van der Waals surface area contributed by atoms with E-state index in [1.807, 2.05) is 6.07 Å². The molecule has 0 heterocycles. The van der Waals surface area contributed by atoms with Gasteiger partial charge in [0, 0.05) is 18.8 Å². The summed E-state index contributed by atoms with van der Waals surface area (Å²) in [5.41, 5.74) is 3.67. The summed E-state index contributed by atoms with van der Waals surface area (Å²) < 4.78 is 0. The molecule has 0 bridgehead atoms. The molecule has 2 N–H and O–H groups in total. The fourth-order valence-electron chi connectivity index (χ4n) is 2.23. The number of aliphatic hydroxyl groups excluding tert-OH is 1. The Hall–Kier alpha value is -1.80. The lowest BCUT2D eigenvalue weighted by atomic mass is 10.1. The average molecular weight is 269 g/mol. The number of unbranched alkanes of at least 4 members (excludes halogenated alkanes) is 3. The zero-order chi connectivity index (χ0) is 14.0. The molecule has 0 aromatic heterocycles. The van der Waals surface area contributed by atoms with Crippen LogP contribution >= 0.6 is 0 Å². The summed E-state index contributed by atoms with van der Waals surface area (Å²) in [6, 6.07) is 19.0. The van der Waals surface area contributed by atoms with Crippen molar-refractivity contribution < 1.29 is 5.11 Å². The molecule has 2 heteroatoms. The standard InChI is InChI=1S/C18H23NO/c20-15-7-2-1-6-14-19-18-12-10-17(11-13-18)16-8-4-3-5-9-16/h3-5,8-13,19-20H,1-2,6-7,14-15H2. The highest BCUT2D eigenvalue weighted by molar-refractivity contribution is 5.65. The molecule has 0 aliphatic carbocycles. The first kappa shape index (κ1) is 14.6. The number of hydrogen-bond donors (Lipinski definition) is 2. The van der Waals surface area contributed by atoms with E-state index in [0.29, 0.717) is 6.61 Å². The first-order valence-corrected chi connectivity index (χ1v) is 7.40. The Labute approximate surface area is 121 Å². The van der Waals surface area contributed by atoms with E-state index < -0.39 is 0 Å². The third kappa shape index (κ3) is 4.71. The molecular formula is C18H23NO. The van der Waals surface area contributed by atoms with Gasteiger partial charge < -0.3 is 10.4 Å². The van der Waals surface area contributed by atoms with Gasteiger partial charge in [-0.2, -0.15) is 0 Å². The molecule has 106 valence electrons. The first-order valence-electron chi connectivity index (χ1n) is 7.40. The zero-order valence-corrected chi connectivity index (χ0v) is 11.9. The Balaban J connectivity index is 1.77. The Morgan fingerprint density at radius 2 is 1.35 bits per heavy atom. The Kier molecular flexibility index (Phi) is 6.12. The first-order chi connectivity index (χ1) is 9.90. The fourth-order valence-corrected chi connectivity index (χ4v) is 2.23. The van der Waals surface area contributed by atoms with E-state index in [0.717, 1.165) is 25.8 Å². The van der Waals surface area contributed by atoms with Gasteiger partial charge in [0.1, 0.15) is 0 Å². The van der Waals surface area contributed by atoms with E-state index in [2.05, 4.69) is 53.8 Å². The molecule has 0 aliphatic rings. The van der Waals surface area contributed by atoms with Crippen LogP contribution in [0.5, 0.6) is 0 Å². The maximum Gasteiger partial charge on any atom is 0.0431 e. The highest BCUT2D eigenvalue weighted by Gasteiger charge is 1.97. The third-order valence-corrected chi connectivity index (χ3v) is 3.41. The van der Waals surface area contributed by atoms with E-state index >= 15 is 0 Å².